The number of hydrogen-bond donors (Lipinski definition) is 3. The van der Waals surface area contributed by atoms with Crippen molar-refractivity contribution >= 4 is 11.7 Å². The Morgan fingerprint density at radius 1 is 1.29 bits per heavy atom. The molecule has 5 nitrogen and oxygen atoms in total. The van der Waals surface area contributed by atoms with Crippen molar-refractivity contribution in [1.29, 1.82) is 0 Å². The third kappa shape index (κ3) is 4.42. The lowest BCUT2D eigenvalue weighted by atomic mass is 10.1. The van der Waals surface area contributed by atoms with Crippen LogP contribution in [0.3, 0.4) is 0 Å². The molecule has 0 aliphatic heterocycles. The van der Waals surface area contributed by atoms with Gasteiger partial charge in [0.05, 0.1) is 6.54 Å². The molecule has 0 saturated heterocycles. The Bertz CT molecular complexity index is 361. The van der Waals surface area contributed by atoms with Crippen LogP contribution in [0, 0.1) is 0 Å². The lowest BCUT2D eigenvalue weighted by Gasteiger charge is -2.23. The molecule has 0 saturated carbocycles. The number of aryl methyl sites for hydroxylation is 1. The molecule has 94 valence electrons. The van der Waals surface area contributed by atoms with Crippen LogP contribution < -0.4 is 4.90 Å². The van der Waals surface area contributed by atoms with Crippen LogP contribution in [0.1, 0.15) is 12.5 Å². The van der Waals surface area contributed by atoms with Gasteiger partial charge in [-0.25, -0.2) is 0 Å². The van der Waals surface area contributed by atoms with Crippen LogP contribution in [0.2, 0.25) is 0 Å². The minimum absolute atomic E-state index is 0.127. The Morgan fingerprint density at radius 3 is 2.29 bits per heavy atom. The number of carboxylic acids is 1. The van der Waals surface area contributed by atoms with E-state index >= 15 is 0 Å². The summed E-state index contributed by atoms with van der Waals surface area (Å²) in [5.41, 5.74) is 1.81. The molecule has 5 heteroatoms. The Balaban J connectivity index is 2.83. The van der Waals surface area contributed by atoms with Crippen LogP contribution in [-0.4, -0.2) is 40.7 Å². The second-order valence-electron chi connectivity index (χ2n) is 3.77. The Hall–Kier alpha value is -1.59. The van der Waals surface area contributed by atoms with Gasteiger partial charge in [-0.2, -0.15) is 0 Å². The molecule has 0 radical (unpaired) electrons. The van der Waals surface area contributed by atoms with E-state index in [0.29, 0.717) is 5.69 Å². The summed E-state index contributed by atoms with van der Waals surface area (Å²) in [6, 6.07) is 7.36. The van der Waals surface area contributed by atoms with Crippen molar-refractivity contribution in [2.24, 2.45) is 0 Å². The highest BCUT2D eigenvalue weighted by molar-refractivity contribution is 5.73. The zero-order valence-electron chi connectivity index (χ0n) is 9.71. The molecular formula is C12H17NO4. The van der Waals surface area contributed by atoms with Gasteiger partial charge in [-0.05, 0) is 24.1 Å². The quantitative estimate of drug-likeness (QED) is 0.628. The average Bonchev–Trinajstić information content (AvgIpc) is 2.27. The van der Waals surface area contributed by atoms with Crippen LogP contribution >= 0.6 is 0 Å². The van der Waals surface area contributed by atoms with Crippen molar-refractivity contribution in [3.05, 3.63) is 29.8 Å². The van der Waals surface area contributed by atoms with E-state index < -0.39 is 12.3 Å². The fraction of sp³-hybridized carbons (Fsp3) is 0.417. The van der Waals surface area contributed by atoms with Crippen molar-refractivity contribution in [2.75, 3.05) is 18.0 Å². The van der Waals surface area contributed by atoms with Gasteiger partial charge in [0.25, 0.3) is 0 Å². The number of rotatable bonds is 6. The smallest absolute Gasteiger partial charge is 0.323 e. The fourth-order valence-electron chi connectivity index (χ4n) is 1.56. The molecule has 0 atom stereocenters. The predicted octanol–water partition coefficient (Wildman–Crippen LogP) is 0.451. The molecule has 17 heavy (non-hydrogen) atoms. The van der Waals surface area contributed by atoms with Gasteiger partial charge in [0.1, 0.15) is 6.54 Å². The number of carbonyl (C=O) groups is 1. The van der Waals surface area contributed by atoms with Crippen molar-refractivity contribution in [3.63, 3.8) is 0 Å². The number of nitrogens with zero attached hydrogens (tertiary/aromatic N) is 1. The van der Waals surface area contributed by atoms with Crippen molar-refractivity contribution in [1.82, 2.24) is 0 Å². The Morgan fingerprint density at radius 2 is 1.88 bits per heavy atom. The largest absolute Gasteiger partial charge is 0.480 e. The minimum Gasteiger partial charge on any atom is -0.480 e. The first-order chi connectivity index (χ1) is 8.02. The molecule has 0 unspecified atom stereocenters. The molecule has 0 aliphatic rings. The van der Waals surface area contributed by atoms with Crippen molar-refractivity contribution in [2.45, 2.75) is 19.6 Å². The molecule has 0 aliphatic carbocycles. The molecular weight excluding hydrogens is 222 g/mol. The standard InChI is InChI=1S/C12H17NO4/c1-2-9-3-5-10(6-4-9)13(7-11(14)15)8-12(16)17/h3-6,11,14-15H,2,7-8H2,1H3,(H,16,17). The topological polar surface area (TPSA) is 81.0 Å². The van der Waals surface area contributed by atoms with Gasteiger partial charge in [-0.15, -0.1) is 0 Å². The molecule has 1 rings (SSSR count). The van der Waals surface area contributed by atoms with Gasteiger partial charge in [0.15, 0.2) is 6.29 Å². The maximum atomic E-state index is 10.7. The first kappa shape index (κ1) is 13.5. The van der Waals surface area contributed by atoms with Crippen LogP contribution in [-0.2, 0) is 11.2 Å². The molecule has 0 aromatic heterocycles. The van der Waals surface area contributed by atoms with Gasteiger partial charge in [0, 0.05) is 5.69 Å². The Kier molecular flexibility index (Phi) is 4.93. The van der Waals surface area contributed by atoms with E-state index in [4.69, 9.17) is 15.3 Å². The number of anilines is 1. The molecule has 1 aromatic rings. The van der Waals surface area contributed by atoms with Gasteiger partial charge >= 0.3 is 5.97 Å². The van der Waals surface area contributed by atoms with Gasteiger partial charge < -0.3 is 20.2 Å². The summed E-state index contributed by atoms with van der Waals surface area (Å²) < 4.78 is 0. The van der Waals surface area contributed by atoms with Crippen LogP contribution in [0.4, 0.5) is 5.69 Å². The number of aliphatic hydroxyl groups is 2. The molecule has 0 amide bonds. The average molecular weight is 239 g/mol. The van der Waals surface area contributed by atoms with Gasteiger partial charge in [0.2, 0.25) is 0 Å². The maximum absolute atomic E-state index is 10.7. The second-order valence-corrected chi connectivity index (χ2v) is 3.77. The normalized spacial score (nSPS) is 10.6. The van der Waals surface area contributed by atoms with Gasteiger partial charge in [-0.3, -0.25) is 4.79 Å². The number of aliphatic hydroxyl groups excluding tert-OH is 1. The first-order valence-electron chi connectivity index (χ1n) is 5.44. The summed E-state index contributed by atoms with van der Waals surface area (Å²) in [4.78, 5) is 12.1. The molecule has 0 bridgehead atoms. The molecule has 3 N–H and O–H groups in total. The van der Waals surface area contributed by atoms with Crippen molar-refractivity contribution in [3.8, 4) is 0 Å². The van der Waals surface area contributed by atoms with E-state index in [1.807, 2.05) is 19.1 Å². The first-order valence-corrected chi connectivity index (χ1v) is 5.44. The molecule has 1 aromatic carbocycles. The number of benzene rings is 1. The summed E-state index contributed by atoms with van der Waals surface area (Å²) in [6.07, 6.45) is -0.651. The third-order valence-electron chi connectivity index (χ3n) is 2.42. The fourth-order valence-corrected chi connectivity index (χ4v) is 1.56. The Labute approximate surface area is 99.9 Å². The van der Waals surface area contributed by atoms with Crippen LogP contribution in [0.15, 0.2) is 24.3 Å². The third-order valence-corrected chi connectivity index (χ3v) is 2.42. The number of aliphatic carboxylic acids is 1. The summed E-state index contributed by atoms with van der Waals surface area (Å²) in [7, 11) is 0. The van der Waals surface area contributed by atoms with E-state index in [1.54, 1.807) is 12.1 Å². The summed E-state index contributed by atoms with van der Waals surface area (Å²) in [5.74, 6) is -1.01. The van der Waals surface area contributed by atoms with Crippen molar-refractivity contribution < 1.29 is 20.1 Å². The highest BCUT2D eigenvalue weighted by Crippen LogP contribution is 2.15. The van der Waals surface area contributed by atoms with E-state index in [1.165, 1.54) is 4.90 Å². The van der Waals surface area contributed by atoms with Crippen LogP contribution in [0.25, 0.3) is 0 Å². The SMILES string of the molecule is CCc1ccc(N(CC(=O)O)CC(O)O)cc1. The highest BCUT2D eigenvalue weighted by Gasteiger charge is 2.13. The summed E-state index contributed by atoms with van der Waals surface area (Å²) in [6.45, 7) is 1.64. The highest BCUT2D eigenvalue weighted by atomic mass is 16.5. The van der Waals surface area contributed by atoms with E-state index in [-0.39, 0.29) is 13.1 Å². The zero-order chi connectivity index (χ0) is 12.8. The second kappa shape index (κ2) is 6.22. The van der Waals surface area contributed by atoms with E-state index in [9.17, 15) is 4.79 Å². The zero-order valence-corrected chi connectivity index (χ0v) is 9.71. The van der Waals surface area contributed by atoms with Gasteiger partial charge in [-0.1, -0.05) is 19.1 Å². The summed E-state index contributed by atoms with van der Waals surface area (Å²) >= 11 is 0. The van der Waals surface area contributed by atoms with E-state index in [0.717, 1.165) is 12.0 Å². The lowest BCUT2D eigenvalue weighted by molar-refractivity contribution is -0.135. The molecule has 0 heterocycles. The number of hydrogen-bond acceptors (Lipinski definition) is 4. The monoisotopic (exact) mass is 239 g/mol. The van der Waals surface area contributed by atoms with Crippen LogP contribution in [0.5, 0.6) is 0 Å². The maximum Gasteiger partial charge on any atom is 0.323 e. The minimum atomic E-state index is -1.56. The molecule has 0 fully saturated rings. The van der Waals surface area contributed by atoms with E-state index in [2.05, 4.69) is 0 Å². The predicted molar refractivity (Wildman–Crippen MR) is 63.9 cm³/mol. The lowest BCUT2D eigenvalue weighted by Crippen LogP contribution is -2.36. The summed E-state index contributed by atoms with van der Waals surface area (Å²) in [5, 5.41) is 26.6. The molecule has 0 spiro atoms. The number of carboxylic acid groups (broad SMARTS) is 1.